The summed E-state index contributed by atoms with van der Waals surface area (Å²) >= 11 is 0. The van der Waals surface area contributed by atoms with Crippen molar-refractivity contribution in [1.29, 1.82) is 0 Å². The van der Waals surface area contributed by atoms with Crippen molar-refractivity contribution in [3.8, 4) is 5.75 Å². The molecule has 1 atom stereocenters. The highest BCUT2D eigenvalue weighted by atomic mass is 16.5. The molecular formula is C23H28N4O4. The maximum absolute atomic E-state index is 12.6. The molecule has 2 aromatic rings. The second kappa shape index (κ2) is 9.97. The minimum Gasteiger partial charge on any atom is -0.497 e. The predicted molar refractivity (Wildman–Crippen MR) is 119 cm³/mol. The van der Waals surface area contributed by atoms with Crippen LogP contribution in [-0.2, 0) is 16.1 Å². The fourth-order valence-electron chi connectivity index (χ4n) is 3.38. The zero-order valence-corrected chi connectivity index (χ0v) is 18.0. The van der Waals surface area contributed by atoms with Crippen molar-refractivity contribution in [2.45, 2.75) is 32.9 Å². The molecule has 0 aromatic heterocycles. The summed E-state index contributed by atoms with van der Waals surface area (Å²) in [4.78, 5) is 38.4. The van der Waals surface area contributed by atoms with Crippen molar-refractivity contribution in [3.63, 3.8) is 0 Å². The van der Waals surface area contributed by atoms with Crippen LogP contribution in [0.5, 0.6) is 5.75 Å². The molecule has 1 aliphatic rings. The molecule has 1 heterocycles. The molecular weight excluding hydrogens is 396 g/mol. The molecule has 0 spiro atoms. The molecule has 1 aliphatic heterocycles. The highest BCUT2D eigenvalue weighted by molar-refractivity contribution is 6.00. The Bertz CT molecular complexity index is 943. The molecule has 1 unspecified atom stereocenters. The van der Waals surface area contributed by atoms with E-state index in [1.165, 1.54) is 0 Å². The van der Waals surface area contributed by atoms with E-state index in [1.807, 2.05) is 44.2 Å². The summed E-state index contributed by atoms with van der Waals surface area (Å²) < 4.78 is 5.21. The zero-order valence-electron chi connectivity index (χ0n) is 18.0. The minimum atomic E-state index is -0.403. The summed E-state index contributed by atoms with van der Waals surface area (Å²) in [5.41, 5.74) is 2.30. The average Bonchev–Trinajstić information content (AvgIpc) is 3.14. The van der Waals surface area contributed by atoms with E-state index in [0.717, 1.165) is 11.3 Å². The Labute approximate surface area is 182 Å². The van der Waals surface area contributed by atoms with Crippen molar-refractivity contribution >= 4 is 29.2 Å². The Morgan fingerprint density at radius 3 is 2.58 bits per heavy atom. The van der Waals surface area contributed by atoms with E-state index >= 15 is 0 Å². The molecule has 8 heteroatoms. The molecule has 2 aromatic carbocycles. The van der Waals surface area contributed by atoms with Crippen LogP contribution in [0.4, 0.5) is 16.2 Å². The van der Waals surface area contributed by atoms with Crippen LogP contribution >= 0.6 is 0 Å². The molecule has 1 fully saturated rings. The van der Waals surface area contributed by atoms with Gasteiger partial charge < -0.3 is 25.6 Å². The van der Waals surface area contributed by atoms with Gasteiger partial charge in [-0.2, -0.15) is 0 Å². The molecule has 0 aliphatic carbocycles. The van der Waals surface area contributed by atoms with Gasteiger partial charge in [0.15, 0.2) is 0 Å². The fourth-order valence-corrected chi connectivity index (χ4v) is 3.38. The molecule has 3 rings (SSSR count). The Morgan fingerprint density at radius 1 is 1.16 bits per heavy atom. The minimum absolute atomic E-state index is 0.0526. The molecule has 1 saturated heterocycles. The smallest absolute Gasteiger partial charge is 0.319 e. The average molecular weight is 425 g/mol. The van der Waals surface area contributed by atoms with Gasteiger partial charge in [-0.25, -0.2) is 4.79 Å². The molecule has 4 amide bonds. The first-order chi connectivity index (χ1) is 14.9. The molecule has 31 heavy (non-hydrogen) atoms. The first-order valence-corrected chi connectivity index (χ1v) is 10.2. The van der Waals surface area contributed by atoms with Crippen molar-refractivity contribution in [1.82, 2.24) is 10.6 Å². The van der Waals surface area contributed by atoms with Gasteiger partial charge in [0.1, 0.15) is 5.75 Å². The number of hydrogen-bond donors (Lipinski definition) is 3. The number of anilines is 2. The lowest BCUT2D eigenvalue weighted by molar-refractivity contribution is -0.126. The zero-order chi connectivity index (χ0) is 22.4. The molecule has 3 N–H and O–H groups in total. The Balaban J connectivity index is 1.51. The van der Waals surface area contributed by atoms with E-state index in [2.05, 4.69) is 16.0 Å². The van der Waals surface area contributed by atoms with Crippen LogP contribution in [-0.4, -0.2) is 37.5 Å². The summed E-state index contributed by atoms with van der Waals surface area (Å²) in [5, 5.41) is 8.41. The number of carbonyl (C=O) groups is 3. The van der Waals surface area contributed by atoms with Crippen molar-refractivity contribution < 1.29 is 19.1 Å². The van der Waals surface area contributed by atoms with Crippen molar-refractivity contribution in [3.05, 3.63) is 54.1 Å². The van der Waals surface area contributed by atoms with E-state index in [-0.39, 0.29) is 30.3 Å². The van der Waals surface area contributed by atoms with Gasteiger partial charge in [-0.15, -0.1) is 0 Å². The maximum atomic E-state index is 12.6. The summed E-state index contributed by atoms with van der Waals surface area (Å²) in [6.07, 6.45) is 0.177. The summed E-state index contributed by atoms with van der Waals surface area (Å²) in [7, 11) is 1.57. The lowest BCUT2D eigenvalue weighted by Crippen LogP contribution is -2.34. The summed E-state index contributed by atoms with van der Waals surface area (Å²) in [6.45, 7) is 4.46. The molecule has 0 bridgehead atoms. The summed E-state index contributed by atoms with van der Waals surface area (Å²) in [6, 6.07) is 14.3. The maximum Gasteiger partial charge on any atom is 0.319 e. The SMILES string of the molecule is COc1cccc(N2CC(C(=O)NCc3ccc(NC(=O)NC(C)C)cc3)CC2=O)c1. The monoisotopic (exact) mass is 424 g/mol. The van der Waals surface area contributed by atoms with Gasteiger partial charge in [-0.3, -0.25) is 9.59 Å². The number of hydrogen-bond acceptors (Lipinski definition) is 4. The first-order valence-electron chi connectivity index (χ1n) is 10.2. The lowest BCUT2D eigenvalue weighted by atomic mass is 10.1. The number of rotatable bonds is 7. The molecule has 0 radical (unpaired) electrons. The van der Waals surface area contributed by atoms with Crippen LogP contribution in [0.25, 0.3) is 0 Å². The lowest BCUT2D eigenvalue weighted by Gasteiger charge is -2.17. The van der Waals surface area contributed by atoms with Gasteiger partial charge in [0, 0.05) is 43.0 Å². The van der Waals surface area contributed by atoms with Crippen molar-refractivity contribution in [2.75, 3.05) is 23.9 Å². The normalized spacial score (nSPS) is 15.7. The number of benzene rings is 2. The van der Waals surface area contributed by atoms with Crippen LogP contribution in [0.15, 0.2) is 48.5 Å². The number of nitrogens with zero attached hydrogens (tertiary/aromatic N) is 1. The Kier molecular flexibility index (Phi) is 7.12. The Hall–Kier alpha value is -3.55. The number of nitrogens with one attached hydrogen (secondary N) is 3. The van der Waals surface area contributed by atoms with Crippen LogP contribution in [0.1, 0.15) is 25.8 Å². The van der Waals surface area contributed by atoms with E-state index in [1.54, 1.807) is 30.2 Å². The predicted octanol–water partition coefficient (Wildman–Crippen LogP) is 2.89. The number of carbonyl (C=O) groups excluding carboxylic acids is 3. The third kappa shape index (κ3) is 5.97. The van der Waals surface area contributed by atoms with E-state index in [0.29, 0.717) is 24.5 Å². The quantitative estimate of drug-likeness (QED) is 0.636. The van der Waals surface area contributed by atoms with E-state index in [4.69, 9.17) is 4.74 Å². The number of urea groups is 1. The second-order valence-corrected chi connectivity index (χ2v) is 7.77. The van der Waals surface area contributed by atoms with Crippen LogP contribution < -0.4 is 25.6 Å². The third-order valence-electron chi connectivity index (χ3n) is 4.96. The van der Waals surface area contributed by atoms with Gasteiger partial charge in [-0.05, 0) is 43.7 Å². The van der Waals surface area contributed by atoms with Crippen LogP contribution in [0.3, 0.4) is 0 Å². The van der Waals surface area contributed by atoms with E-state index in [9.17, 15) is 14.4 Å². The number of methoxy groups -OCH3 is 1. The third-order valence-corrected chi connectivity index (χ3v) is 4.96. The topological polar surface area (TPSA) is 99.8 Å². The van der Waals surface area contributed by atoms with Crippen LogP contribution in [0, 0.1) is 5.92 Å². The highest BCUT2D eigenvalue weighted by Crippen LogP contribution is 2.28. The van der Waals surface area contributed by atoms with Gasteiger partial charge >= 0.3 is 6.03 Å². The molecule has 164 valence electrons. The second-order valence-electron chi connectivity index (χ2n) is 7.77. The molecule has 0 saturated carbocycles. The van der Waals surface area contributed by atoms with Gasteiger partial charge in [0.05, 0.1) is 13.0 Å². The van der Waals surface area contributed by atoms with Crippen molar-refractivity contribution in [2.24, 2.45) is 5.92 Å². The standard InChI is InChI=1S/C23H28N4O4/c1-15(2)25-23(30)26-18-9-7-16(8-10-18)13-24-22(29)17-11-21(28)27(14-17)19-5-4-6-20(12-19)31-3/h4-10,12,15,17H,11,13-14H2,1-3H3,(H,24,29)(H2,25,26,30). The van der Waals surface area contributed by atoms with Gasteiger partial charge in [-0.1, -0.05) is 18.2 Å². The van der Waals surface area contributed by atoms with Gasteiger partial charge in [0.25, 0.3) is 0 Å². The summed E-state index contributed by atoms with van der Waals surface area (Å²) in [5.74, 6) is 0.0259. The number of amides is 4. The molecule has 8 nitrogen and oxygen atoms in total. The highest BCUT2D eigenvalue weighted by Gasteiger charge is 2.35. The van der Waals surface area contributed by atoms with Gasteiger partial charge in [0.2, 0.25) is 11.8 Å². The van der Waals surface area contributed by atoms with Crippen LogP contribution in [0.2, 0.25) is 0 Å². The number of ether oxygens (including phenoxy) is 1. The first kappa shape index (κ1) is 22.1. The van der Waals surface area contributed by atoms with E-state index < -0.39 is 5.92 Å². The fraction of sp³-hybridized carbons (Fsp3) is 0.348. The largest absolute Gasteiger partial charge is 0.497 e. The Morgan fingerprint density at radius 2 is 1.90 bits per heavy atom.